The molecule has 0 bridgehead atoms. The zero-order valence-corrected chi connectivity index (χ0v) is 12.3. The topological polar surface area (TPSA) is 29.3 Å². The molecule has 1 unspecified atom stereocenters. The maximum atomic E-state index is 13.8. The first-order chi connectivity index (χ1) is 10.0. The Labute approximate surface area is 124 Å². The van der Waals surface area contributed by atoms with Crippen LogP contribution in [-0.4, -0.2) is 13.1 Å². The summed E-state index contributed by atoms with van der Waals surface area (Å²) in [6.45, 7) is 5.20. The van der Waals surface area contributed by atoms with Crippen LogP contribution in [0.2, 0.25) is 0 Å². The molecule has 2 aromatic carbocycles. The van der Waals surface area contributed by atoms with E-state index in [0.29, 0.717) is 6.54 Å². The summed E-state index contributed by atoms with van der Waals surface area (Å²) in [5.74, 6) is -0.940. The van der Waals surface area contributed by atoms with Crippen molar-refractivity contribution in [3.05, 3.63) is 65.2 Å². The Morgan fingerprint density at radius 1 is 1.14 bits per heavy atom. The van der Waals surface area contributed by atoms with Crippen molar-refractivity contribution >= 4 is 5.69 Å². The van der Waals surface area contributed by atoms with E-state index in [1.54, 1.807) is 0 Å². The lowest BCUT2D eigenvalue weighted by Gasteiger charge is -2.27. The lowest BCUT2D eigenvalue weighted by Crippen LogP contribution is -2.32. The second-order valence-corrected chi connectivity index (χ2v) is 5.15. The van der Waals surface area contributed by atoms with Crippen LogP contribution in [0.4, 0.5) is 14.5 Å². The van der Waals surface area contributed by atoms with Gasteiger partial charge >= 0.3 is 0 Å². The highest BCUT2D eigenvalue weighted by molar-refractivity contribution is 5.48. The highest BCUT2D eigenvalue weighted by atomic mass is 19.1. The van der Waals surface area contributed by atoms with E-state index in [-0.39, 0.29) is 5.56 Å². The molecule has 4 heteroatoms. The number of nitrogens with two attached hydrogens (primary N) is 1. The molecular weight excluding hydrogens is 270 g/mol. The molecule has 0 amide bonds. The number of nitrogens with zero attached hydrogens (tertiary/aromatic N) is 1. The van der Waals surface area contributed by atoms with E-state index in [1.807, 2.05) is 32.0 Å². The molecule has 0 aromatic heterocycles. The van der Waals surface area contributed by atoms with E-state index < -0.39 is 17.7 Å². The number of hydrogen-bond donors (Lipinski definition) is 1. The summed E-state index contributed by atoms with van der Waals surface area (Å²) in [6, 6.07) is 10.8. The molecule has 0 aliphatic carbocycles. The van der Waals surface area contributed by atoms with Gasteiger partial charge in [0, 0.05) is 24.3 Å². The molecule has 0 radical (unpaired) electrons. The smallest absolute Gasteiger partial charge is 0.128 e. The Balaban J connectivity index is 2.20. The molecule has 2 rings (SSSR count). The van der Waals surface area contributed by atoms with Gasteiger partial charge in [0.2, 0.25) is 0 Å². The van der Waals surface area contributed by atoms with Crippen LogP contribution in [0.5, 0.6) is 0 Å². The highest BCUT2D eigenvalue weighted by Crippen LogP contribution is 2.21. The van der Waals surface area contributed by atoms with Gasteiger partial charge in [0.1, 0.15) is 11.6 Å². The lowest BCUT2D eigenvalue weighted by molar-refractivity contribution is 0.558. The Morgan fingerprint density at radius 2 is 1.90 bits per heavy atom. The zero-order valence-electron chi connectivity index (χ0n) is 12.3. The van der Waals surface area contributed by atoms with E-state index >= 15 is 0 Å². The number of hydrogen-bond acceptors (Lipinski definition) is 2. The van der Waals surface area contributed by atoms with Crippen molar-refractivity contribution in [1.82, 2.24) is 0 Å². The third-order valence-corrected chi connectivity index (χ3v) is 3.52. The van der Waals surface area contributed by atoms with Gasteiger partial charge in [-0.15, -0.1) is 0 Å². The van der Waals surface area contributed by atoms with Gasteiger partial charge in [0.05, 0.1) is 6.04 Å². The van der Waals surface area contributed by atoms with Crippen molar-refractivity contribution in [3.8, 4) is 0 Å². The number of rotatable bonds is 5. The zero-order chi connectivity index (χ0) is 15.4. The molecular formula is C17H20F2N2. The van der Waals surface area contributed by atoms with E-state index in [1.165, 1.54) is 6.07 Å². The van der Waals surface area contributed by atoms with E-state index in [0.717, 1.165) is 29.9 Å². The summed E-state index contributed by atoms with van der Waals surface area (Å²) in [5, 5.41) is 0. The monoisotopic (exact) mass is 290 g/mol. The average Bonchev–Trinajstić information content (AvgIpc) is 2.47. The average molecular weight is 290 g/mol. The van der Waals surface area contributed by atoms with Crippen molar-refractivity contribution in [3.63, 3.8) is 0 Å². The first-order valence-electron chi connectivity index (χ1n) is 7.03. The Kier molecular flexibility index (Phi) is 4.91. The largest absolute Gasteiger partial charge is 0.370 e. The Morgan fingerprint density at radius 3 is 2.57 bits per heavy atom. The van der Waals surface area contributed by atoms with Crippen LogP contribution < -0.4 is 10.6 Å². The number of aryl methyl sites for hydroxylation is 1. The molecule has 21 heavy (non-hydrogen) atoms. The van der Waals surface area contributed by atoms with Gasteiger partial charge in [-0.05, 0) is 49.7 Å². The number of likely N-dealkylation sites (N-methyl/N-ethyl adjacent to an activating group) is 1. The van der Waals surface area contributed by atoms with Crippen molar-refractivity contribution in [2.75, 3.05) is 18.0 Å². The lowest BCUT2D eigenvalue weighted by atomic mass is 10.1. The van der Waals surface area contributed by atoms with Crippen LogP contribution in [0.3, 0.4) is 0 Å². The van der Waals surface area contributed by atoms with Crippen LogP contribution >= 0.6 is 0 Å². The van der Waals surface area contributed by atoms with Crippen molar-refractivity contribution in [2.45, 2.75) is 19.9 Å². The molecule has 0 spiro atoms. The van der Waals surface area contributed by atoms with Gasteiger partial charge in [-0.25, -0.2) is 8.78 Å². The van der Waals surface area contributed by atoms with E-state index in [4.69, 9.17) is 5.73 Å². The highest BCUT2D eigenvalue weighted by Gasteiger charge is 2.16. The minimum Gasteiger partial charge on any atom is -0.370 e. The standard InChI is InChI=1S/C17H20F2N2/c1-3-21(14-6-4-5-12(2)9-14)11-17(20)15-10-13(18)7-8-16(15)19/h4-10,17H,3,11,20H2,1-2H3. The molecule has 2 N–H and O–H groups in total. The molecule has 0 aliphatic rings. The summed E-state index contributed by atoms with van der Waals surface area (Å²) in [5.41, 5.74) is 8.46. The van der Waals surface area contributed by atoms with E-state index in [9.17, 15) is 8.78 Å². The van der Waals surface area contributed by atoms with Crippen LogP contribution in [0.25, 0.3) is 0 Å². The summed E-state index contributed by atoms with van der Waals surface area (Å²) >= 11 is 0. The number of benzene rings is 2. The van der Waals surface area contributed by atoms with Crippen molar-refractivity contribution < 1.29 is 8.78 Å². The summed E-state index contributed by atoms with van der Waals surface area (Å²) in [7, 11) is 0. The summed E-state index contributed by atoms with van der Waals surface area (Å²) in [4.78, 5) is 2.06. The van der Waals surface area contributed by atoms with Gasteiger partial charge in [-0.1, -0.05) is 12.1 Å². The second kappa shape index (κ2) is 6.68. The quantitative estimate of drug-likeness (QED) is 0.907. The molecule has 0 saturated carbocycles. The van der Waals surface area contributed by atoms with Crippen LogP contribution in [-0.2, 0) is 0 Å². The maximum absolute atomic E-state index is 13.8. The SMILES string of the molecule is CCN(CC(N)c1cc(F)ccc1F)c1cccc(C)c1. The summed E-state index contributed by atoms with van der Waals surface area (Å²) in [6.07, 6.45) is 0. The predicted octanol–water partition coefficient (Wildman–Crippen LogP) is 3.80. The van der Waals surface area contributed by atoms with Gasteiger partial charge in [-0.3, -0.25) is 0 Å². The van der Waals surface area contributed by atoms with Gasteiger partial charge in [0.15, 0.2) is 0 Å². The van der Waals surface area contributed by atoms with Crippen molar-refractivity contribution in [2.24, 2.45) is 5.73 Å². The van der Waals surface area contributed by atoms with Gasteiger partial charge in [0.25, 0.3) is 0 Å². The Bertz CT molecular complexity index is 613. The molecule has 1 atom stereocenters. The maximum Gasteiger partial charge on any atom is 0.128 e. The molecule has 0 aliphatic heterocycles. The molecule has 0 saturated heterocycles. The second-order valence-electron chi connectivity index (χ2n) is 5.15. The Hall–Kier alpha value is -1.94. The fraction of sp³-hybridized carbons (Fsp3) is 0.294. The fourth-order valence-corrected chi connectivity index (χ4v) is 2.38. The normalized spacial score (nSPS) is 12.2. The molecule has 112 valence electrons. The first kappa shape index (κ1) is 15.4. The molecule has 0 fully saturated rings. The molecule has 0 heterocycles. The summed E-state index contributed by atoms with van der Waals surface area (Å²) < 4.78 is 27.0. The van der Waals surface area contributed by atoms with Gasteiger partial charge < -0.3 is 10.6 Å². The third-order valence-electron chi connectivity index (χ3n) is 3.52. The van der Waals surface area contributed by atoms with E-state index in [2.05, 4.69) is 11.0 Å². The van der Waals surface area contributed by atoms with Crippen LogP contribution in [0.1, 0.15) is 24.1 Å². The van der Waals surface area contributed by atoms with Crippen LogP contribution in [0, 0.1) is 18.6 Å². The number of anilines is 1. The van der Waals surface area contributed by atoms with Gasteiger partial charge in [-0.2, -0.15) is 0 Å². The van der Waals surface area contributed by atoms with Crippen molar-refractivity contribution in [1.29, 1.82) is 0 Å². The predicted molar refractivity (Wildman–Crippen MR) is 82.4 cm³/mol. The fourth-order valence-electron chi connectivity index (χ4n) is 2.38. The minimum absolute atomic E-state index is 0.209. The number of halogens is 2. The molecule has 2 aromatic rings. The minimum atomic E-state index is -0.582. The van der Waals surface area contributed by atoms with Crippen LogP contribution in [0.15, 0.2) is 42.5 Å². The molecule has 2 nitrogen and oxygen atoms in total. The third kappa shape index (κ3) is 3.79. The first-order valence-corrected chi connectivity index (χ1v) is 7.03.